The molecule has 0 aromatic heterocycles. The predicted molar refractivity (Wildman–Crippen MR) is 72.0 cm³/mol. The zero-order chi connectivity index (χ0) is 13.5. The largest absolute Gasteiger partial charge is 0.493 e. The third-order valence-electron chi connectivity index (χ3n) is 2.16. The summed E-state index contributed by atoms with van der Waals surface area (Å²) >= 11 is 1.60. The van der Waals surface area contributed by atoms with Gasteiger partial charge in [0.15, 0.2) is 11.5 Å². The Balaban J connectivity index is 3.22. The van der Waals surface area contributed by atoms with Gasteiger partial charge in [-0.15, -0.1) is 11.8 Å². The van der Waals surface area contributed by atoms with E-state index in [9.17, 15) is 10.1 Å². The number of methoxy groups -OCH3 is 2. The van der Waals surface area contributed by atoms with E-state index in [2.05, 4.69) is 0 Å². The van der Waals surface area contributed by atoms with E-state index in [0.717, 1.165) is 16.8 Å². The fourth-order valence-electron chi connectivity index (χ4n) is 1.46. The fourth-order valence-corrected chi connectivity index (χ4v) is 2.30. The fraction of sp³-hybridized carbons (Fsp3) is 0.333. The highest BCUT2D eigenvalue weighted by atomic mass is 32.2. The molecule has 0 aliphatic carbocycles. The molecule has 0 unspecified atom stereocenters. The van der Waals surface area contributed by atoms with Crippen LogP contribution in [0.5, 0.6) is 11.5 Å². The highest BCUT2D eigenvalue weighted by Crippen LogP contribution is 2.38. The summed E-state index contributed by atoms with van der Waals surface area (Å²) in [5.74, 6) is 2.10. The monoisotopic (exact) mass is 269 g/mol. The van der Waals surface area contributed by atoms with Gasteiger partial charge in [-0.3, -0.25) is 10.1 Å². The van der Waals surface area contributed by atoms with Crippen LogP contribution in [-0.4, -0.2) is 24.9 Å². The van der Waals surface area contributed by atoms with Gasteiger partial charge in [0.1, 0.15) is 0 Å². The van der Waals surface area contributed by atoms with Crippen molar-refractivity contribution in [1.82, 2.24) is 0 Å². The molecule has 0 saturated heterocycles. The van der Waals surface area contributed by atoms with E-state index in [0.29, 0.717) is 17.1 Å². The summed E-state index contributed by atoms with van der Waals surface area (Å²) in [6, 6.07) is 3.55. The molecule has 0 spiro atoms. The molecule has 6 heteroatoms. The van der Waals surface area contributed by atoms with E-state index in [1.54, 1.807) is 32.0 Å². The second-order valence-electron chi connectivity index (χ2n) is 3.29. The first-order chi connectivity index (χ1) is 8.62. The molecule has 0 amide bonds. The van der Waals surface area contributed by atoms with Crippen LogP contribution in [0.4, 0.5) is 0 Å². The maximum absolute atomic E-state index is 10.3. The number of rotatable bonds is 6. The van der Waals surface area contributed by atoms with Gasteiger partial charge in [0.05, 0.1) is 24.0 Å². The van der Waals surface area contributed by atoms with Crippen LogP contribution < -0.4 is 9.47 Å². The molecule has 0 N–H and O–H groups in total. The van der Waals surface area contributed by atoms with E-state index in [1.807, 2.05) is 13.0 Å². The predicted octanol–water partition coefficient (Wildman–Crippen LogP) is 3.06. The second-order valence-corrected chi connectivity index (χ2v) is 4.59. The van der Waals surface area contributed by atoms with Gasteiger partial charge in [-0.2, -0.15) is 0 Å². The van der Waals surface area contributed by atoms with Crippen LogP contribution in [-0.2, 0) is 0 Å². The third kappa shape index (κ3) is 3.66. The lowest BCUT2D eigenvalue weighted by Gasteiger charge is -2.12. The molecular formula is C12H15NO4S. The van der Waals surface area contributed by atoms with Crippen molar-refractivity contribution in [2.24, 2.45) is 0 Å². The van der Waals surface area contributed by atoms with Crippen molar-refractivity contribution in [3.8, 4) is 11.5 Å². The minimum atomic E-state index is -0.497. The minimum absolute atomic E-state index is 0.497. The SMILES string of the molecule is CCSc1cc(C=C[N+](=O)[O-])cc(OC)c1OC. The highest BCUT2D eigenvalue weighted by Gasteiger charge is 2.11. The molecule has 1 aromatic rings. The van der Waals surface area contributed by atoms with E-state index in [1.165, 1.54) is 6.08 Å². The molecule has 5 nitrogen and oxygen atoms in total. The van der Waals surface area contributed by atoms with Crippen LogP contribution in [0.15, 0.2) is 23.2 Å². The van der Waals surface area contributed by atoms with Crippen molar-refractivity contribution in [2.45, 2.75) is 11.8 Å². The van der Waals surface area contributed by atoms with Crippen molar-refractivity contribution in [1.29, 1.82) is 0 Å². The molecular weight excluding hydrogens is 254 g/mol. The molecule has 98 valence electrons. The van der Waals surface area contributed by atoms with Gasteiger partial charge in [-0.1, -0.05) is 6.92 Å². The average molecular weight is 269 g/mol. The number of ether oxygens (including phenoxy) is 2. The Kier molecular flexibility index (Phi) is 5.51. The van der Waals surface area contributed by atoms with E-state index in [-0.39, 0.29) is 0 Å². The van der Waals surface area contributed by atoms with E-state index in [4.69, 9.17) is 9.47 Å². The summed E-state index contributed by atoms with van der Waals surface area (Å²) in [5, 5.41) is 10.3. The smallest absolute Gasteiger partial charge is 0.235 e. The molecule has 0 atom stereocenters. The Hall–Kier alpha value is -1.69. The van der Waals surface area contributed by atoms with Crippen LogP contribution in [0, 0.1) is 10.1 Å². The van der Waals surface area contributed by atoms with Crippen LogP contribution in [0.1, 0.15) is 12.5 Å². The third-order valence-corrected chi connectivity index (χ3v) is 3.06. The minimum Gasteiger partial charge on any atom is -0.493 e. The number of benzene rings is 1. The van der Waals surface area contributed by atoms with Crippen molar-refractivity contribution in [2.75, 3.05) is 20.0 Å². The molecule has 0 radical (unpaired) electrons. The quantitative estimate of drug-likeness (QED) is 0.451. The molecule has 0 heterocycles. The number of nitrogens with zero attached hydrogens (tertiary/aromatic N) is 1. The van der Waals surface area contributed by atoms with Gasteiger partial charge in [-0.25, -0.2) is 0 Å². The first-order valence-electron chi connectivity index (χ1n) is 5.32. The van der Waals surface area contributed by atoms with Gasteiger partial charge in [0, 0.05) is 6.08 Å². The molecule has 1 rings (SSSR count). The summed E-state index contributed by atoms with van der Waals surface area (Å²) in [5.41, 5.74) is 0.709. The van der Waals surface area contributed by atoms with Gasteiger partial charge < -0.3 is 9.47 Å². The van der Waals surface area contributed by atoms with Gasteiger partial charge in [0.2, 0.25) is 6.20 Å². The highest BCUT2D eigenvalue weighted by molar-refractivity contribution is 7.99. The molecule has 0 aliphatic heterocycles. The van der Waals surface area contributed by atoms with Crippen LogP contribution >= 0.6 is 11.8 Å². The summed E-state index contributed by atoms with van der Waals surface area (Å²) in [7, 11) is 3.11. The topological polar surface area (TPSA) is 61.6 Å². The average Bonchev–Trinajstić information content (AvgIpc) is 2.36. The Morgan fingerprint density at radius 1 is 1.39 bits per heavy atom. The second kappa shape index (κ2) is 6.90. The van der Waals surface area contributed by atoms with Crippen LogP contribution in [0.25, 0.3) is 6.08 Å². The van der Waals surface area contributed by atoms with Crippen molar-refractivity contribution in [3.63, 3.8) is 0 Å². The number of hydrogen-bond acceptors (Lipinski definition) is 5. The Morgan fingerprint density at radius 3 is 2.61 bits per heavy atom. The zero-order valence-electron chi connectivity index (χ0n) is 10.5. The van der Waals surface area contributed by atoms with Crippen molar-refractivity contribution >= 4 is 17.8 Å². The molecule has 1 aromatic carbocycles. The van der Waals surface area contributed by atoms with Crippen molar-refractivity contribution < 1.29 is 14.4 Å². The van der Waals surface area contributed by atoms with Gasteiger partial charge >= 0.3 is 0 Å². The normalized spacial score (nSPS) is 10.6. The standard InChI is InChI=1S/C12H15NO4S/c1-4-18-11-8-9(5-6-13(14)15)7-10(16-2)12(11)17-3/h5-8H,4H2,1-3H3. The van der Waals surface area contributed by atoms with E-state index < -0.39 is 4.92 Å². The van der Waals surface area contributed by atoms with E-state index >= 15 is 0 Å². The summed E-state index contributed by atoms with van der Waals surface area (Å²) < 4.78 is 10.5. The molecule has 0 saturated carbocycles. The maximum Gasteiger partial charge on any atom is 0.235 e. The van der Waals surface area contributed by atoms with Crippen LogP contribution in [0.2, 0.25) is 0 Å². The lowest BCUT2D eigenvalue weighted by atomic mass is 10.2. The Bertz CT molecular complexity index is 460. The molecule has 0 aliphatic rings. The summed E-state index contributed by atoms with van der Waals surface area (Å²) in [6.45, 7) is 2.02. The zero-order valence-corrected chi connectivity index (χ0v) is 11.3. The first kappa shape index (κ1) is 14.4. The van der Waals surface area contributed by atoms with Crippen molar-refractivity contribution in [3.05, 3.63) is 34.0 Å². The molecule has 0 bridgehead atoms. The lowest BCUT2D eigenvalue weighted by Crippen LogP contribution is -1.94. The lowest BCUT2D eigenvalue weighted by molar-refractivity contribution is -0.400. The number of hydrogen-bond donors (Lipinski definition) is 0. The number of thioether (sulfide) groups is 1. The molecule has 18 heavy (non-hydrogen) atoms. The Morgan fingerprint density at radius 2 is 2.11 bits per heavy atom. The first-order valence-corrected chi connectivity index (χ1v) is 6.31. The summed E-state index contributed by atoms with van der Waals surface area (Å²) in [4.78, 5) is 10.7. The number of nitro groups is 1. The van der Waals surface area contributed by atoms with Crippen LogP contribution in [0.3, 0.4) is 0 Å². The maximum atomic E-state index is 10.3. The van der Waals surface area contributed by atoms with Gasteiger partial charge in [0.25, 0.3) is 0 Å². The summed E-state index contributed by atoms with van der Waals surface area (Å²) in [6.07, 6.45) is 2.34. The van der Waals surface area contributed by atoms with Gasteiger partial charge in [-0.05, 0) is 23.4 Å². The molecule has 0 fully saturated rings. The Labute approximate surface area is 110 Å².